The standard InChI is InChI=1S/C12H23N5O2S/c1-3-7-17-11(13)10(20(2,18)19)12(16-17)15-9-5-4-6-14-8-9/h9,14H,3-8,13H2,1-2H3,(H,15,16). The topological polar surface area (TPSA) is 102 Å². The van der Waals surface area contributed by atoms with Crippen LogP contribution in [0.1, 0.15) is 26.2 Å². The lowest BCUT2D eigenvalue weighted by Crippen LogP contribution is -2.38. The molecule has 0 saturated carbocycles. The van der Waals surface area contributed by atoms with Gasteiger partial charge >= 0.3 is 0 Å². The van der Waals surface area contributed by atoms with Gasteiger partial charge in [0, 0.05) is 25.4 Å². The van der Waals surface area contributed by atoms with Crippen LogP contribution in [-0.2, 0) is 16.4 Å². The molecule has 1 aromatic heterocycles. The molecular formula is C12H23N5O2S. The van der Waals surface area contributed by atoms with Crippen LogP contribution in [0.25, 0.3) is 0 Å². The quantitative estimate of drug-likeness (QED) is 0.729. The molecule has 1 saturated heterocycles. The van der Waals surface area contributed by atoms with E-state index in [0.29, 0.717) is 12.4 Å². The van der Waals surface area contributed by atoms with Crippen LogP contribution >= 0.6 is 0 Å². The molecule has 20 heavy (non-hydrogen) atoms. The summed E-state index contributed by atoms with van der Waals surface area (Å²) < 4.78 is 25.5. The zero-order chi connectivity index (χ0) is 14.8. The molecule has 2 heterocycles. The minimum Gasteiger partial charge on any atom is -0.383 e. The lowest BCUT2D eigenvalue weighted by atomic mass is 10.1. The van der Waals surface area contributed by atoms with Crippen molar-refractivity contribution in [1.29, 1.82) is 0 Å². The van der Waals surface area contributed by atoms with E-state index in [0.717, 1.165) is 32.4 Å². The third kappa shape index (κ3) is 3.24. The van der Waals surface area contributed by atoms with E-state index in [4.69, 9.17) is 5.73 Å². The van der Waals surface area contributed by atoms with E-state index in [2.05, 4.69) is 15.7 Å². The normalized spacial score (nSPS) is 20.0. The van der Waals surface area contributed by atoms with E-state index in [1.807, 2.05) is 6.92 Å². The molecule has 1 aliphatic heterocycles. The molecule has 1 aliphatic rings. The minimum atomic E-state index is -3.40. The maximum absolute atomic E-state index is 11.9. The van der Waals surface area contributed by atoms with Crippen LogP contribution in [-0.4, -0.2) is 43.6 Å². The van der Waals surface area contributed by atoms with E-state index in [1.165, 1.54) is 6.26 Å². The zero-order valence-corrected chi connectivity index (χ0v) is 12.8. The molecule has 1 fully saturated rings. The number of nitrogens with zero attached hydrogens (tertiary/aromatic N) is 2. The third-order valence-corrected chi connectivity index (χ3v) is 4.53. The fourth-order valence-corrected chi connectivity index (χ4v) is 3.41. The van der Waals surface area contributed by atoms with E-state index >= 15 is 0 Å². The molecule has 2 rings (SSSR count). The summed E-state index contributed by atoms with van der Waals surface area (Å²) in [4.78, 5) is 0.122. The van der Waals surface area contributed by atoms with Crippen molar-refractivity contribution in [2.45, 2.75) is 43.7 Å². The Balaban J connectivity index is 2.32. The summed E-state index contributed by atoms with van der Waals surface area (Å²) in [6.07, 6.45) is 4.08. The molecular weight excluding hydrogens is 278 g/mol. The van der Waals surface area contributed by atoms with Gasteiger partial charge < -0.3 is 16.4 Å². The van der Waals surface area contributed by atoms with Crippen molar-refractivity contribution in [2.75, 3.05) is 30.4 Å². The van der Waals surface area contributed by atoms with Gasteiger partial charge in [0.1, 0.15) is 5.82 Å². The first-order valence-corrected chi connectivity index (χ1v) is 8.86. The van der Waals surface area contributed by atoms with E-state index in [1.54, 1.807) is 4.68 Å². The average Bonchev–Trinajstić information content (AvgIpc) is 2.67. The Morgan fingerprint density at radius 3 is 2.85 bits per heavy atom. The molecule has 1 aromatic rings. The predicted molar refractivity (Wildman–Crippen MR) is 79.6 cm³/mol. The smallest absolute Gasteiger partial charge is 0.182 e. The highest BCUT2D eigenvalue weighted by Gasteiger charge is 2.26. The summed E-state index contributed by atoms with van der Waals surface area (Å²) in [7, 11) is -3.40. The largest absolute Gasteiger partial charge is 0.383 e. The van der Waals surface area contributed by atoms with Crippen molar-refractivity contribution in [2.24, 2.45) is 0 Å². The van der Waals surface area contributed by atoms with E-state index in [-0.39, 0.29) is 16.8 Å². The van der Waals surface area contributed by atoms with Gasteiger partial charge in [0.05, 0.1) is 0 Å². The monoisotopic (exact) mass is 301 g/mol. The van der Waals surface area contributed by atoms with E-state index < -0.39 is 9.84 Å². The fourth-order valence-electron chi connectivity index (χ4n) is 2.47. The summed E-state index contributed by atoms with van der Waals surface area (Å²) in [5.41, 5.74) is 5.95. The van der Waals surface area contributed by atoms with Crippen molar-refractivity contribution in [3.63, 3.8) is 0 Å². The molecule has 0 spiro atoms. The van der Waals surface area contributed by atoms with Crippen molar-refractivity contribution >= 4 is 21.5 Å². The summed E-state index contributed by atoms with van der Waals surface area (Å²) in [5.74, 6) is 0.604. The highest BCUT2D eigenvalue weighted by atomic mass is 32.2. The summed E-state index contributed by atoms with van der Waals surface area (Å²) in [5, 5.41) is 10.8. The van der Waals surface area contributed by atoms with Crippen LogP contribution in [0.2, 0.25) is 0 Å². The number of nitrogens with one attached hydrogen (secondary N) is 2. The Labute approximate surface area is 119 Å². The van der Waals surface area contributed by atoms with Crippen LogP contribution in [0.15, 0.2) is 4.90 Å². The number of nitrogens with two attached hydrogens (primary N) is 1. The fraction of sp³-hybridized carbons (Fsp3) is 0.750. The Kier molecular flexibility index (Phi) is 4.54. The number of hydrogen-bond donors (Lipinski definition) is 3. The molecule has 4 N–H and O–H groups in total. The lowest BCUT2D eigenvalue weighted by molar-refractivity contribution is 0.477. The first-order valence-electron chi connectivity index (χ1n) is 6.97. The number of piperidine rings is 1. The number of nitrogen functional groups attached to an aromatic ring is 1. The molecule has 7 nitrogen and oxygen atoms in total. The second-order valence-electron chi connectivity index (χ2n) is 5.25. The van der Waals surface area contributed by atoms with Gasteiger partial charge in [-0.25, -0.2) is 13.1 Å². The molecule has 114 valence electrons. The minimum absolute atomic E-state index is 0.122. The molecule has 0 aliphatic carbocycles. The number of sulfone groups is 1. The molecule has 0 amide bonds. The van der Waals surface area contributed by atoms with Crippen LogP contribution in [0.5, 0.6) is 0 Å². The first-order chi connectivity index (χ1) is 9.43. The SMILES string of the molecule is CCCn1nc(NC2CCCNC2)c(S(C)(=O)=O)c1N. The van der Waals surface area contributed by atoms with Gasteiger partial charge in [0.15, 0.2) is 20.6 Å². The number of rotatable bonds is 5. The first kappa shape index (κ1) is 15.1. The Bertz CT molecular complexity index is 561. The van der Waals surface area contributed by atoms with Gasteiger partial charge in [0.25, 0.3) is 0 Å². The number of aryl methyl sites for hydroxylation is 1. The summed E-state index contributed by atoms with van der Waals surface area (Å²) >= 11 is 0. The van der Waals surface area contributed by atoms with Gasteiger partial charge in [-0.05, 0) is 25.8 Å². The average molecular weight is 301 g/mol. The van der Waals surface area contributed by atoms with Crippen molar-refractivity contribution in [3.8, 4) is 0 Å². The molecule has 1 atom stereocenters. The number of hydrogen-bond acceptors (Lipinski definition) is 6. The Morgan fingerprint density at radius 1 is 1.55 bits per heavy atom. The lowest BCUT2D eigenvalue weighted by Gasteiger charge is -2.24. The van der Waals surface area contributed by atoms with Crippen LogP contribution in [0.4, 0.5) is 11.6 Å². The maximum Gasteiger partial charge on any atom is 0.182 e. The molecule has 0 radical (unpaired) electrons. The highest BCUT2D eigenvalue weighted by Crippen LogP contribution is 2.28. The van der Waals surface area contributed by atoms with Crippen LogP contribution in [0, 0.1) is 0 Å². The van der Waals surface area contributed by atoms with Crippen molar-refractivity contribution < 1.29 is 8.42 Å². The van der Waals surface area contributed by atoms with Gasteiger partial charge in [-0.3, -0.25) is 0 Å². The van der Waals surface area contributed by atoms with E-state index in [9.17, 15) is 8.42 Å². The predicted octanol–water partition coefficient (Wildman–Crippen LogP) is 0.443. The summed E-state index contributed by atoms with van der Waals surface area (Å²) in [6, 6.07) is 0.189. The molecule has 1 unspecified atom stereocenters. The second kappa shape index (κ2) is 6.01. The molecule has 8 heteroatoms. The van der Waals surface area contributed by atoms with Crippen LogP contribution in [0.3, 0.4) is 0 Å². The van der Waals surface area contributed by atoms with Gasteiger partial charge in [-0.15, -0.1) is 0 Å². The maximum atomic E-state index is 11.9. The summed E-state index contributed by atoms with van der Waals surface area (Å²) in [6.45, 7) is 4.42. The van der Waals surface area contributed by atoms with Crippen molar-refractivity contribution in [3.05, 3.63) is 0 Å². The second-order valence-corrected chi connectivity index (χ2v) is 7.20. The van der Waals surface area contributed by atoms with Gasteiger partial charge in [-0.2, -0.15) is 5.10 Å². The number of aromatic nitrogens is 2. The van der Waals surface area contributed by atoms with Crippen molar-refractivity contribution in [1.82, 2.24) is 15.1 Å². The Hall–Kier alpha value is -1.28. The highest BCUT2D eigenvalue weighted by molar-refractivity contribution is 7.91. The molecule has 0 aromatic carbocycles. The third-order valence-electron chi connectivity index (χ3n) is 3.39. The Morgan fingerprint density at radius 2 is 2.30 bits per heavy atom. The van der Waals surface area contributed by atoms with Crippen LogP contribution < -0.4 is 16.4 Å². The van der Waals surface area contributed by atoms with Gasteiger partial charge in [0.2, 0.25) is 0 Å². The molecule has 0 bridgehead atoms. The number of anilines is 2. The zero-order valence-electron chi connectivity index (χ0n) is 12.0. The van der Waals surface area contributed by atoms with Gasteiger partial charge in [-0.1, -0.05) is 6.92 Å².